The molecule has 0 spiro atoms. The number of hydrogen-bond donors (Lipinski definition) is 2. The van der Waals surface area contributed by atoms with E-state index in [0.29, 0.717) is 18.4 Å². The van der Waals surface area contributed by atoms with Crippen molar-refractivity contribution in [2.75, 3.05) is 19.8 Å². The Morgan fingerprint density at radius 3 is 2.51 bits per heavy atom. The van der Waals surface area contributed by atoms with Gasteiger partial charge in [-0.3, -0.25) is 4.79 Å². The maximum Gasteiger partial charge on any atom is 0.407 e. The molecule has 0 bridgehead atoms. The van der Waals surface area contributed by atoms with E-state index in [1.165, 1.54) is 0 Å². The Hall–Kier alpha value is -3.26. The highest BCUT2D eigenvalue weighted by Crippen LogP contribution is 2.37. The van der Waals surface area contributed by atoms with E-state index in [9.17, 15) is 18.4 Å². The van der Waals surface area contributed by atoms with Crippen LogP contribution in [0.1, 0.15) is 50.8 Å². The van der Waals surface area contributed by atoms with Crippen molar-refractivity contribution in [1.29, 1.82) is 0 Å². The highest BCUT2D eigenvalue weighted by molar-refractivity contribution is 5.90. The number of rotatable bonds is 8. The van der Waals surface area contributed by atoms with Gasteiger partial charge in [-0.15, -0.1) is 0 Å². The van der Waals surface area contributed by atoms with Gasteiger partial charge < -0.3 is 20.1 Å². The number of hydrogen-bond acceptors (Lipinski definition) is 4. The standard InChI is InChI=1S/C27H32F2N2O4/c1-27(2,3)24(30-26(34)35-14-8-7-13-32)25(33)31-17-19(21-16-20(28)11-12-22(21)29)15-23(31)18-9-5-4-6-10-18/h4-6,9-12,15-16,23-24,32H,7-8,13-14,17H2,1-3H3,(H,30,34)/t23-,24+/m0/s1. The summed E-state index contributed by atoms with van der Waals surface area (Å²) in [6, 6.07) is 11.1. The Morgan fingerprint density at radius 2 is 1.86 bits per heavy atom. The molecule has 8 heteroatoms. The minimum Gasteiger partial charge on any atom is -0.450 e. The molecule has 35 heavy (non-hydrogen) atoms. The number of amides is 2. The largest absolute Gasteiger partial charge is 0.450 e. The number of benzene rings is 2. The van der Waals surface area contributed by atoms with Crippen molar-refractivity contribution >= 4 is 17.6 Å². The maximum atomic E-state index is 14.6. The molecule has 2 N–H and O–H groups in total. The van der Waals surface area contributed by atoms with Gasteiger partial charge in [-0.1, -0.05) is 57.2 Å². The van der Waals surface area contributed by atoms with E-state index < -0.39 is 35.2 Å². The summed E-state index contributed by atoms with van der Waals surface area (Å²) in [7, 11) is 0. The molecule has 1 aliphatic rings. The normalized spacial score (nSPS) is 16.6. The molecule has 2 atom stereocenters. The number of carbonyl (C=O) groups is 2. The molecule has 3 rings (SSSR count). The second kappa shape index (κ2) is 11.4. The lowest BCUT2D eigenvalue weighted by molar-refractivity contribution is -0.136. The van der Waals surface area contributed by atoms with Gasteiger partial charge in [-0.2, -0.15) is 0 Å². The molecule has 0 fully saturated rings. The average molecular weight is 487 g/mol. The third-order valence-corrected chi connectivity index (χ3v) is 5.89. The number of ether oxygens (including phenoxy) is 1. The summed E-state index contributed by atoms with van der Waals surface area (Å²) in [4.78, 5) is 27.8. The number of alkyl carbamates (subject to hydrolysis) is 1. The number of carbonyl (C=O) groups excluding carboxylic acids is 2. The molecule has 0 aliphatic carbocycles. The van der Waals surface area contributed by atoms with Gasteiger partial charge in [-0.05, 0) is 47.6 Å². The first-order chi connectivity index (χ1) is 16.6. The summed E-state index contributed by atoms with van der Waals surface area (Å²) in [6.45, 7) is 5.67. The molecule has 2 aromatic carbocycles. The molecule has 0 saturated carbocycles. The van der Waals surface area contributed by atoms with Gasteiger partial charge in [0.05, 0.1) is 12.6 Å². The zero-order chi connectivity index (χ0) is 25.6. The summed E-state index contributed by atoms with van der Waals surface area (Å²) < 4.78 is 33.7. The van der Waals surface area contributed by atoms with Crippen LogP contribution in [0.5, 0.6) is 0 Å². The van der Waals surface area contributed by atoms with E-state index in [1.807, 2.05) is 51.1 Å². The number of nitrogens with zero attached hydrogens (tertiary/aromatic N) is 1. The number of nitrogens with one attached hydrogen (secondary N) is 1. The molecule has 0 unspecified atom stereocenters. The fourth-order valence-electron chi connectivity index (χ4n) is 4.03. The lowest BCUT2D eigenvalue weighted by Crippen LogP contribution is -2.54. The fraction of sp³-hybridized carbons (Fsp3) is 0.407. The van der Waals surface area contributed by atoms with Gasteiger partial charge in [-0.25, -0.2) is 13.6 Å². The van der Waals surface area contributed by atoms with Crippen LogP contribution in [0.25, 0.3) is 5.57 Å². The quantitative estimate of drug-likeness (QED) is 0.523. The summed E-state index contributed by atoms with van der Waals surface area (Å²) in [6.07, 6.45) is 2.05. The van der Waals surface area contributed by atoms with Gasteiger partial charge in [0.25, 0.3) is 0 Å². The van der Waals surface area contributed by atoms with E-state index in [0.717, 1.165) is 23.8 Å². The molecule has 188 valence electrons. The molecule has 1 heterocycles. The zero-order valence-electron chi connectivity index (χ0n) is 20.3. The SMILES string of the molecule is CC(C)(C)[C@H](NC(=O)OCCCCO)C(=O)N1CC(c2cc(F)ccc2F)=C[C@H]1c1ccccc1. The molecule has 6 nitrogen and oxygen atoms in total. The van der Waals surface area contributed by atoms with Crippen LogP contribution >= 0.6 is 0 Å². The van der Waals surface area contributed by atoms with Crippen LogP contribution in [0.4, 0.5) is 13.6 Å². The second-order valence-corrected chi connectivity index (χ2v) is 9.65. The Bertz CT molecular complexity index is 1070. The molecular weight excluding hydrogens is 454 g/mol. The third-order valence-electron chi connectivity index (χ3n) is 5.89. The van der Waals surface area contributed by atoms with Crippen LogP contribution in [-0.2, 0) is 9.53 Å². The van der Waals surface area contributed by atoms with Crippen molar-refractivity contribution in [2.24, 2.45) is 5.41 Å². The summed E-state index contributed by atoms with van der Waals surface area (Å²) in [5, 5.41) is 11.6. The van der Waals surface area contributed by atoms with E-state index >= 15 is 0 Å². The molecule has 2 amide bonds. The fourth-order valence-corrected chi connectivity index (χ4v) is 4.03. The highest BCUT2D eigenvalue weighted by Gasteiger charge is 2.41. The van der Waals surface area contributed by atoms with Crippen molar-refractivity contribution in [3.63, 3.8) is 0 Å². The second-order valence-electron chi connectivity index (χ2n) is 9.65. The first-order valence-corrected chi connectivity index (χ1v) is 11.7. The van der Waals surface area contributed by atoms with Gasteiger partial charge in [0.1, 0.15) is 17.7 Å². The van der Waals surface area contributed by atoms with Gasteiger partial charge in [0.2, 0.25) is 5.91 Å². The van der Waals surface area contributed by atoms with E-state index in [4.69, 9.17) is 9.84 Å². The predicted molar refractivity (Wildman–Crippen MR) is 129 cm³/mol. The Balaban J connectivity index is 1.89. The van der Waals surface area contributed by atoms with Crippen molar-refractivity contribution in [3.05, 3.63) is 77.4 Å². The van der Waals surface area contributed by atoms with Crippen molar-refractivity contribution in [3.8, 4) is 0 Å². The molecule has 0 radical (unpaired) electrons. The van der Waals surface area contributed by atoms with E-state index in [1.54, 1.807) is 11.0 Å². The topological polar surface area (TPSA) is 78.9 Å². The predicted octanol–water partition coefficient (Wildman–Crippen LogP) is 4.85. The zero-order valence-corrected chi connectivity index (χ0v) is 20.3. The monoisotopic (exact) mass is 486 g/mol. The average Bonchev–Trinajstić information content (AvgIpc) is 3.26. The van der Waals surface area contributed by atoms with E-state index in [2.05, 4.69) is 5.32 Å². The van der Waals surface area contributed by atoms with Gasteiger partial charge in [0.15, 0.2) is 0 Å². The molecule has 0 saturated heterocycles. The lowest BCUT2D eigenvalue weighted by atomic mass is 9.85. The van der Waals surface area contributed by atoms with Crippen LogP contribution in [0.2, 0.25) is 0 Å². The highest BCUT2D eigenvalue weighted by atomic mass is 19.1. The summed E-state index contributed by atoms with van der Waals surface area (Å²) in [5.74, 6) is -1.50. The van der Waals surface area contributed by atoms with Crippen LogP contribution in [0.15, 0.2) is 54.6 Å². The molecule has 0 aromatic heterocycles. The van der Waals surface area contributed by atoms with Crippen molar-refractivity contribution in [2.45, 2.75) is 45.7 Å². The third kappa shape index (κ3) is 6.66. The minimum absolute atomic E-state index is 0.00512. The Labute approximate surface area is 204 Å². The summed E-state index contributed by atoms with van der Waals surface area (Å²) >= 11 is 0. The van der Waals surface area contributed by atoms with Crippen LogP contribution in [-0.4, -0.2) is 47.8 Å². The number of halogens is 2. The van der Waals surface area contributed by atoms with Crippen LogP contribution in [0, 0.1) is 17.0 Å². The van der Waals surface area contributed by atoms with Crippen LogP contribution in [0.3, 0.4) is 0 Å². The summed E-state index contributed by atoms with van der Waals surface area (Å²) in [5.41, 5.74) is 0.745. The smallest absolute Gasteiger partial charge is 0.407 e. The maximum absolute atomic E-state index is 14.6. The van der Waals surface area contributed by atoms with Crippen LogP contribution < -0.4 is 5.32 Å². The first-order valence-electron chi connectivity index (χ1n) is 11.7. The molecular formula is C27H32F2N2O4. The number of aliphatic hydroxyl groups excluding tert-OH is 1. The van der Waals surface area contributed by atoms with E-state index in [-0.39, 0.29) is 31.2 Å². The van der Waals surface area contributed by atoms with Gasteiger partial charge >= 0.3 is 6.09 Å². The molecule has 1 aliphatic heterocycles. The number of unbranched alkanes of at least 4 members (excludes halogenated alkanes) is 1. The molecule has 2 aromatic rings. The lowest BCUT2D eigenvalue weighted by Gasteiger charge is -2.35. The van der Waals surface area contributed by atoms with Crippen molar-refractivity contribution in [1.82, 2.24) is 10.2 Å². The first kappa shape index (κ1) is 26.3. The van der Waals surface area contributed by atoms with Gasteiger partial charge in [0, 0.05) is 18.7 Å². The Kier molecular flexibility index (Phi) is 8.62. The van der Waals surface area contributed by atoms with Crippen molar-refractivity contribution < 1.29 is 28.2 Å². The Morgan fingerprint density at radius 1 is 1.14 bits per heavy atom. The minimum atomic E-state index is -0.927. The number of aliphatic hydroxyl groups is 1.